The van der Waals surface area contributed by atoms with Crippen molar-refractivity contribution in [2.24, 2.45) is 0 Å². The highest BCUT2D eigenvalue weighted by atomic mass is 32.1. The van der Waals surface area contributed by atoms with Gasteiger partial charge in [0.15, 0.2) is 0 Å². The maximum absolute atomic E-state index is 13.4. The molecule has 1 saturated heterocycles. The number of benzene rings is 1. The number of carbonyl (C=O) groups excluding carboxylic acids is 2. The molecule has 144 valence electrons. The SMILES string of the molecule is CCNC(=O)CN1CCN(C(=O)Cc2csc(-c3cccc(F)c3)n2)CC1. The molecule has 0 aliphatic carbocycles. The zero-order valence-electron chi connectivity index (χ0n) is 15.3. The number of carbonyl (C=O) groups is 2. The van der Waals surface area contributed by atoms with Crippen LogP contribution < -0.4 is 5.32 Å². The Bertz CT molecular complexity index is 803. The summed E-state index contributed by atoms with van der Waals surface area (Å²) in [6, 6.07) is 6.30. The van der Waals surface area contributed by atoms with Crippen molar-refractivity contribution in [1.82, 2.24) is 20.1 Å². The van der Waals surface area contributed by atoms with E-state index < -0.39 is 0 Å². The average molecular weight is 390 g/mol. The second-order valence-corrected chi connectivity index (χ2v) is 7.30. The number of aromatic nitrogens is 1. The van der Waals surface area contributed by atoms with Crippen LogP contribution in [0.15, 0.2) is 29.6 Å². The zero-order valence-corrected chi connectivity index (χ0v) is 16.1. The number of thiazole rings is 1. The largest absolute Gasteiger partial charge is 0.355 e. The first-order chi connectivity index (χ1) is 13.0. The summed E-state index contributed by atoms with van der Waals surface area (Å²) in [6.07, 6.45) is 0.238. The molecule has 0 unspecified atom stereocenters. The van der Waals surface area contributed by atoms with E-state index in [1.54, 1.807) is 12.1 Å². The van der Waals surface area contributed by atoms with E-state index in [2.05, 4.69) is 15.2 Å². The summed E-state index contributed by atoms with van der Waals surface area (Å²) in [5.74, 6) is -0.251. The molecule has 0 bridgehead atoms. The lowest BCUT2D eigenvalue weighted by Crippen LogP contribution is -2.51. The summed E-state index contributed by atoms with van der Waals surface area (Å²) in [7, 11) is 0. The first-order valence-corrected chi connectivity index (χ1v) is 9.90. The Balaban J connectivity index is 1.51. The Labute approximate surface area is 162 Å². The molecule has 3 rings (SSSR count). The molecule has 0 spiro atoms. The minimum Gasteiger partial charge on any atom is -0.355 e. The summed E-state index contributed by atoms with van der Waals surface area (Å²) < 4.78 is 13.4. The number of rotatable bonds is 6. The standard InChI is InChI=1S/C19H23FN4O2S/c1-2-21-17(25)12-23-6-8-24(9-7-23)18(26)11-16-13-27-19(22-16)14-4-3-5-15(20)10-14/h3-5,10,13H,2,6-9,11-12H2,1H3,(H,21,25). The topological polar surface area (TPSA) is 65.5 Å². The molecule has 1 fully saturated rings. The molecule has 1 aliphatic heterocycles. The van der Waals surface area contributed by atoms with E-state index in [4.69, 9.17) is 0 Å². The number of hydrogen-bond acceptors (Lipinski definition) is 5. The van der Waals surface area contributed by atoms with Crippen LogP contribution in [0.4, 0.5) is 4.39 Å². The fourth-order valence-corrected chi connectivity index (χ4v) is 3.84. The molecule has 6 nitrogen and oxygen atoms in total. The van der Waals surface area contributed by atoms with Crippen molar-refractivity contribution in [2.45, 2.75) is 13.3 Å². The van der Waals surface area contributed by atoms with Gasteiger partial charge in [-0.05, 0) is 19.1 Å². The Kier molecular flexibility index (Phi) is 6.52. The first-order valence-electron chi connectivity index (χ1n) is 9.02. The van der Waals surface area contributed by atoms with Crippen LogP contribution in [0.5, 0.6) is 0 Å². The molecule has 0 atom stereocenters. The van der Waals surface area contributed by atoms with E-state index in [0.717, 1.165) is 5.56 Å². The fourth-order valence-electron chi connectivity index (χ4n) is 3.02. The van der Waals surface area contributed by atoms with Gasteiger partial charge in [0.25, 0.3) is 0 Å². The van der Waals surface area contributed by atoms with E-state index in [0.29, 0.717) is 50.0 Å². The van der Waals surface area contributed by atoms with Gasteiger partial charge in [0.1, 0.15) is 10.8 Å². The third kappa shape index (κ3) is 5.33. The minimum atomic E-state index is -0.300. The van der Waals surface area contributed by atoms with Crippen LogP contribution in [-0.4, -0.2) is 65.9 Å². The number of piperazine rings is 1. The third-order valence-electron chi connectivity index (χ3n) is 4.42. The van der Waals surface area contributed by atoms with Crippen molar-refractivity contribution < 1.29 is 14.0 Å². The van der Waals surface area contributed by atoms with Gasteiger partial charge in [-0.1, -0.05) is 12.1 Å². The average Bonchev–Trinajstić information content (AvgIpc) is 3.11. The zero-order chi connectivity index (χ0) is 19.2. The van der Waals surface area contributed by atoms with Crippen LogP contribution in [0.1, 0.15) is 12.6 Å². The van der Waals surface area contributed by atoms with Gasteiger partial charge in [-0.15, -0.1) is 11.3 Å². The lowest BCUT2D eigenvalue weighted by atomic mass is 10.2. The quantitative estimate of drug-likeness (QED) is 0.817. The van der Waals surface area contributed by atoms with Crippen LogP contribution in [0.25, 0.3) is 10.6 Å². The normalized spacial score (nSPS) is 15.0. The molecule has 1 aromatic carbocycles. The maximum atomic E-state index is 13.4. The van der Waals surface area contributed by atoms with Gasteiger partial charge in [0, 0.05) is 43.7 Å². The van der Waals surface area contributed by atoms with E-state index in [1.165, 1.54) is 23.5 Å². The summed E-state index contributed by atoms with van der Waals surface area (Å²) >= 11 is 1.41. The molecule has 0 radical (unpaired) electrons. The van der Waals surface area contributed by atoms with Crippen LogP contribution in [0, 0.1) is 5.82 Å². The van der Waals surface area contributed by atoms with Crippen molar-refractivity contribution in [3.05, 3.63) is 41.2 Å². The van der Waals surface area contributed by atoms with Gasteiger partial charge >= 0.3 is 0 Å². The minimum absolute atomic E-state index is 0.0182. The maximum Gasteiger partial charge on any atom is 0.234 e. The fraction of sp³-hybridized carbons (Fsp3) is 0.421. The molecule has 8 heteroatoms. The van der Waals surface area contributed by atoms with Crippen molar-refractivity contribution in [2.75, 3.05) is 39.3 Å². The molecule has 27 heavy (non-hydrogen) atoms. The number of likely N-dealkylation sites (N-methyl/N-ethyl adjacent to an activating group) is 1. The van der Waals surface area contributed by atoms with Crippen LogP contribution in [0.2, 0.25) is 0 Å². The number of nitrogens with zero attached hydrogens (tertiary/aromatic N) is 3. The number of amides is 2. The predicted molar refractivity (Wildman–Crippen MR) is 103 cm³/mol. The van der Waals surface area contributed by atoms with Gasteiger partial charge in [-0.2, -0.15) is 0 Å². The highest BCUT2D eigenvalue weighted by Gasteiger charge is 2.23. The molecule has 2 aromatic rings. The number of nitrogens with one attached hydrogen (secondary N) is 1. The summed E-state index contributed by atoms with van der Waals surface area (Å²) in [6.45, 7) is 5.50. The highest BCUT2D eigenvalue weighted by molar-refractivity contribution is 7.13. The van der Waals surface area contributed by atoms with Gasteiger partial charge in [-0.3, -0.25) is 14.5 Å². The van der Waals surface area contributed by atoms with Crippen molar-refractivity contribution in [1.29, 1.82) is 0 Å². The van der Waals surface area contributed by atoms with Gasteiger partial charge in [0.05, 0.1) is 18.7 Å². The summed E-state index contributed by atoms with van der Waals surface area (Å²) in [5.41, 5.74) is 1.42. The molecule has 2 amide bonds. The second-order valence-electron chi connectivity index (χ2n) is 6.44. The molecule has 2 heterocycles. The van der Waals surface area contributed by atoms with E-state index in [1.807, 2.05) is 17.2 Å². The monoisotopic (exact) mass is 390 g/mol. The molecule has 1 aliphatic rings. The second kappa shape index (κ2) is 9.05. The van der Waals surface area contributed by atoms with Gasteiger partial charge < -0.3 is 10.2 Å². The Morgan fingerprint density at radius 2 is 2.04 bits per heavy atom. The summed E-state index contributed by atoms with van der Waals surface area (Å²) in [4.78, 5) is 32.5. The Morgan fingerprint density at radius 1 is 1.26 bits per heavy atom. The lowest BCUT2D eigenvalue weighted by molar-refractivity contribution is -0.132. The third-order valence-corrected chi connectivity index (χ3v) is 5.36. The van der Waals surface area contributed by atoms with E-state index in [-0.39, 0.29) is 24.1 Å². The lowest BCUT2D eigenvalue weighted by Gasteiger charge is -2.34. The van der Waals surface area contributed by atoms with E-state index in [9.17, 15) is 14.0 Å². The number of halogens is 1. The van der Waals surface area contributed by atoms with Gasteiger partial charge in [-0.25, -0.2) is 9.37 Å². The van der Waals surface area contributed by atoms with Crippen LogP contribution >= 0.6 is 11.3 Å². The van der Waals surface area contributed by atoms with Crippen LogP contribution in [-0.2, 0) is 16.0 Å². The van der Waals surface area contributed by atoms with Crippen LogP contribution in [0.3, 0.4) is 0 Å². The Hall–Kier alpha value is -2.32. The van der Waals surface area contributed by atoms with Gasteiger partial charge in [0.2, 0.25) is 11.8 Å². The predicted octanol–water partition coefficient (Wildman–Crippen LogP) is 1.77. The highest BCUT2D eigenvalue weighted by Crippen LogP contribution is 2.24. The first kappa shape index (κ1) is 19.4. The number of hydrogen-bond donors (Lipinski definition) is 1. The molecular formula is C19H23FN4O2S. The van der Waals surface area contributed by atoms with Crippen molar-refractivity contribution in [3.8, 4) is 10.6 Å². The smallest absolute Gasteiger partial charge is 0.234 e. The molecular weight excluding hydrogens is 367 g/mol. The van der Waals surface area contributed by atoms with Crippen molar-refractivity contribution in [3.63, 3.8) is 0 Å². The molecule has 1 aromatic heterocycles. The Morgan fingerprint density at radius 3 is 2.74 bits per heavy atom. The van der Waals surface area contributed by atoms with Crippen molar-refractivity contribution >= 4 is 23.2 Å². The molecule has 1 N–H and O–H groups in total. The summed E-state index contributed by atoms with van der Waals surface area (Å²) in [5, 5.41) is 5.35. The molecule has 0 saturated carbocycles. The van der Waals surface area contributed by atoms with E-state index >= 15 is 0 Å².